The van der Waals surface area contributed by atoms with Gasteiger partial charge in [0.05, 0.1) is 22.5 Å². The largest absolute Gasteiger partial charge is 0.341 e. The molecule has 0 saturated carbocycles. The molecule has 0 bridgehead atoms. The third kappa shape index (κ3) is 3.78. The van der Waals surface area contributed by atoms with Crippen LogP contribution in [0.2, 0.25) is 0 Å². The molecule has 7 heteroatoms. The first-order valence-corrected chi connectivity index (χ1v) is 10.3. The van der Waals surface area contributed by atoms with Gasteiger partial charge in [-0.15, -0.1) is 22.0 Å². The maximum atomic E-state index is 4.61. The number of benzene rings is 2. The lowest BCUT2D eigenvalue weighted by Crippen LogP contribution is -1.98. The Morgan fingerprint density at radius 3 is 2.58 bits per heavy atom. The minimum absolute atomic E-state index is 0.742. The zero-order valence-corrected chi connectivity index (χ0v) is 16.3. The van der Waals surface area contributed by atoms with E-state index in [1.807, 2.05) is 31.3 Å². The number of aromatic nitrogens is 5. The average Bonchev–Trinajstić information content (AvgIpc) is 3.22. The molecule has 132 valence electrons. The minimum atomic E-state index is 0.742. The molecule has 0 amide bonds. The molecule has 1 N–H and O–H groups in total. The van der Waals surface area contributed by atoms with Gasteiger partial charge in [0.25, 0.3) is 0 Å². The monoisotopic (exact) mass is 381 g/mol. The Hall–Kier alpha value is -2.25. The van der Waals surface area contributed by atoms with Crippen LogP contribution >= 0.6 is 23.5 Å². The summed E-state index contributed by atoms with van der Waals surface area (Å²) in [7, 11) is 2.02. The summed E-state index contributed by atoms with van der Waals surface area (Å²) in [5.41, 5.74) is 3.34. The molecule has 0 fully saturated rings. The van der Waals surface area contributed by atoms with Crippen LogP contribution in [-0.4, -0.2) is 24.7 Å². The first-order chi connectivity index (χ1) is 12.7. The predicted octanol–water partition coefficient (Wildman–Crippen LogP) is 4.58. The Kier molecular flexibility index (Phi) is 4.99. The Balaban J connectivity index is 1.39. The van der Waals surface area contributed by atoms with Gasteiger partial charge in [0.2, 0.25) is 0 Å². The highest BCUT2D eigenvalue weighted by Crippen LogP contribution is 2.25. The van der Waals surface area contributed by atoms with E-state index in [9.17, 15) is 0 Å². The number of thioether (sulfide) groups is 2. The predicted molar refractivity (Wildman–Crippen MR) is 107 cm³/mol. The molecule has 0 aliphatic heterocycles. The standard InChI is InChI=1S/C19H19N5S2/c1-13-7-9-14(10-8-13)25-12-18-22-23-19(24(18)2)26-11-17-20-15-5-3-4-6-16(15)21-17/h3-10H,11-12H2,1-2H3,(H,20,21). The number of rotatable bonds is 6. The molecule has 0 unspecified atom stereocenters. The van der Waals surface area contributed by atoms with Crippen molar-refractivity contribution in [1.82, 2.24) is 24.7 Å². The van der Waals surface area contributed by atoms with Crippen molar-refractivity contribution in [3.8, 4) is 0 Å². The summed E-state index contributed by atoms with van der Waals surface area (Å²) < 4.78 is 2.06. The van der Waals surface area contributed by atoms with Crippen LogP contribution in [0.3, 0.4) is 0 Å². The molecule has 4 rings (SSSR count). The number of aryl methyl sites for hydroxylation is 1. The van der Waals surface area contributed by atoms with Crippen molar-refractivity contribution in [2.75, 3.05) is 0 Å². The van der Waals surface area contributed by atoms with Crippen molar-refractivity contribution in [3.05, 3.63) is 65.7 Å². The Labute approximate surface area is 160 Å². The van der Waals surface area contributed by atoms with Crippen LogP contribution in [0.5, 0.6) is 0 Å². The van der Waals surface area contributed by atoms with Crippen molar-refractivity contribution in [2.24, 2.45) is 7.05 Å². The highest BCUT2D eigenvalue weighted by Gasteiger charge is 2.11. The van der Waals surface area contributed by atoms with Gasteiger partial charge in [-0.3, -0.25) is 0 Å². The maximum Gasteiger partial charge on any atom is 0.191 e. The lowest BCUT2D eigenvalue weighted by atomic mass is 10.2. The van der Waals surface area contributed by atoms with E-state index in [1.165, 1.54) is 10.5 Å². The average molecular weight is 382 g/mol. The van der Waals surface area contributed by atoms with E-state index in [0.717, 1.165) is 39.3 Å². The zero-order valence-electron chi connectivity index (χ0n) is 14.6. The van der Waals surface area contributed by atoms with Crippen LogP contribution in [0.15, 0.2) is 58.6 Å². The van der Waals surface area contributed by atoms with Gasteiger partial charge >= 0.3 is 0 Å². The molecular formula is C19H19N5S2. The summed E-state index contributed by atoms with van der Waals surface area (Å²) in [6, 6.07) is 16.6. The van der Waals surface area contributed by atoms with Gasteiger partial charge in [-0.25, -0.2) is 4.98 Å². The molecular weight excluding hydrogens is 362 g/mol. The Bertz CT molecular complexity index is 987. The number of nitrogens with zero attached hydrogens (tertiary/aromatic N) is 4. The van der Waals surface area contributed by atoms with Gasteiger partial charge in [-0.2, -0.15) is 0 Å². The van der Waals surface area contributed by atoms with E-state index < -0.39 is 0 Å². The number of aromatic amines is 1. The summed E-state index contributed by atoms with van der Waals surface area (Å²) in [4.78, 5) is 9.20. The van der Waals surface area contributed by atoms with E-state index in [1.54, 1.807) is 23.5 Å². The van der Waals surface area contributed by atoms with Crippen LogP contribution < -0.4 is 0 Å². The second-order valence-corrected chi connectivity index (χ2v) is 8.04. The van der Waals surface area contributed by atoms with E-state index in [0.29, 0.717) is 0 Å². The third-order valence-corrected chi connectivity index (χ3v) is 6.13. The minimum Gasteiger partial charge on any atom is -0.341 e. The van der Waals surface area contributed by atoms with Crippen molar-refractivity contribution >= 4 is 34.6 Å². The number of hydrogen-bond acceptors (Lipinski definition) is 5. The maximum absolute atomic E-state index is 4.61. The molecule has 0 spiro atoms. The van der Waals surface area contributed by atoms with Gasteiger partial charge in [0.1, 0.15) is 11.6 Å². The highest BCUT2D eigenvalue weighted by atomic mass is 32.2. The van der Waals surface area contributed by atoms with Crippen LogP contribution in [0.25, 0.3) is 11.0 Å². The molecule has 4 aromatic rings. The third-order valence-electron chi connectivity index (χ3n) is 4.09. The Morgan fingerprint density at radius 1 is 0.962 bits per heavy atom. The fourth-order valence-electron chi connectivity index (χ4n) is 2.59. The van der Waals surface area contributed by atoms with Crippen molar-refractivity contribution in [3.63, 3.8) is 0 Å². The van der Waals surface area contributed by atoms with Gasteiger partial charge in [-0.1, -0.05) is 41.6 Å². The number of nitrogens with one attached hydrogen (secondary N) is 1. The summed E-state index contributed by atoms with van der Waals surface area (Å²) in [5, 5.41) is 9.58. The van der Waals surface area contributed by atoms with Crippen LogP contribution in [-0.2, 0) is 18.6 Å². The normalized spacial score (nSPS) is 11.3. The zero-order chi connectivity index (χ0) is 17.9. The second kappa shape index (κ2) is 7.55. The van der Waals surface area contributed by atoms with Gasteiger partial charge < -0.3 is 9.55 Å². The topological polar surface area (TPSA) is 59.4 Å². The molecule has 0 aliphatic carbocycles. The lowest BCUT2D eigenvalue weighted by Gasteiger charge is -2.04. The quantitative estimate of drug-likeness (QED) is 0.495. The van der Waals surface area contributed by atoms with Crippen molar-refractivity contribution in [1.29, 1.82) is 0 Å². The van der Waals surface area contributed by atoms with Gasteiger partial charge in [0.15, 0.2) is 5.16 Å². The van der Waals surface area contributed by atoms with E-state index >= 15 is 0 Å². The molecule has 0 saturated heterocycles. The fraction of sp³-hybridized carbons (Fsp3) is 0.211. The molecule has 2 heterocycles. The summed E-state index contributed by atoms with van der Waals surface area (Å²) in [5.74, 6) is 3.47. The summed E-state index contributed by atoms with van der Waals surface area (Å²) >= 11 is 3.42. The molecule has 2 aromatic carbocycles. The number of para-hydroxylation sites is 2. The molecule has 26 heavy (non-hydrogen) atoms. The number of imidazole rings is 1. The lowest BCUT2D eigenvalue weighted by molar-refractivity contribution is 0.761. The Morgan fingerprint density at radius 2 is 1.77 bits per heavy atom. The molecule has 5 nitrogen and oxygen atoms in total. The fourth-order valence-corrected chi connectivity index (χ4v) is 4.26. The van der Waals surface area contributed by atoms with Gasteiger partial charge in [0, 0.05) is 11.9 Å². The first kappa shape index (κ1) is 17.2. The summed E-state index contributed by atoms with van der Waals surface area (Å²) in [6.07, 6.45) is 0. The van der Waals surface area contributed by atoms with Gasteiger partial charge in [-0.05, 0) is 31.2 Å². The smallest absolute Gasteiger partial charge is 0.191 e. The van der Waals surface area contributed by atoms with E-state index in [2.05, 4.69) is 55.9 Å². The molecule has 0 radical (unpaired) electrons. The number of hydrogen-bond donors (Lipinski definition) is 1. The number of fused-ring (bicyclic) bond motifs is 1. The molecule has 0 atom stereocenters. The van der Waals surface area contributed by atoms with E-state index in [-0.39, 0.29) is 0 Å². The van der Waals surface area contributed by atoms with Crippen molar-refractivity contribution < 1.29 is 0 Å². The van der Waals surface area contributed by atoms with Crippen molar-refractivity contribution in [2.45, 2.75) is 28.5 Å². The molecule has 0 aliphatic rings. The second-order valence-electron chi connectivity index (χ2n) is 6.05. The molecule has 2 aromatic heterocycles. The SMILES string of the molecule is Cc1ccc(SCc2nnc(SCc3nc4ccccc4[nH]3)n2C)cc1. The van der Waals surface area contributed by atoms with Crippen LogP contribution in [0, 0.1) is 6.92 Å². The highest BCUT2D eigenvalue weighted by molar-refractivity contribution is 7.98. The van der Waals surface area contributed by atoms with Crippen LogP contribution in [0.4, 0.5) is 0 Å². The first-order valence-electron chi connectivity index (χ1n) is 8.33. The summed E-state index contributed by atoms with van der Waals surface area (Å²) in [6.45, 7) is 2.10. The number of H-pyrrole nitrogens is 1. The van der Waals surface area contributed by atoms with Crippen LogP contribution in [0.1, 0.15) is 17.2 Å². The van der Waals surface area contributed by atoms with E-state index in [4.69, 9.17) is 0 Å².